The van der Waals surface area contributed by atoms with Crippen LogP contribution in [0.2, 0.25) is 0 Å². The van der Waals surface area contributed by atoms with E-state index in [1.54, 1.807) is 48.1 Å². The lowest BCUT2D eigenvalue weighted by atomic mass is 10.2. The second-order valence-electron chi connectivity index (χ2n) is 8.93. The van der Waals surface area contributed by atoms with Gasteiger partial charge in [0.25, 0.3) is 5.56 Å². The van der Waals surface area contributed by atoms with Crippen molar-refractivity contribution in [2.75, 3.05) is 26.0 Å². The van der Waals surface area contributed by atoms with Crippen LogP contribution in [0.4, 0.5) is 5.69 Å². The van der Waals surface area contributed by atoms with Crippen LogP contribution in [-0.2, 0) is 11.3 Å². The Labute approximate surface area is 227 Å². The minimum absolute atomic E-state index is 0.0843. The number of hydrogen-bond donors (Lipinski definition) is 1. The van der Waals surface area contributed by atoms with E-state index in [0.717, 1.165) is 5.56 Å². The van der Waals surface area contributed by atoms with E-state index in [4.69, 9.17) is 28.7 Å². The first-order valence-corrected chi connectivity index (χ1v) is 13.2. The summed E-state index contributed by atoms with van der Waals surface area (Å²) in [4.78, 5) is 31.9. The van der Waals surface area contributed by atoms with Crippen molar-refractivity contribution in [3.05, 3.63) is 70.5 Å². The van der Waals surface area contributed by atoms with E-state index in [0.29, 0.717) is 56.9 Å². The first-order chi connectivity index (χ1) is 19.0. The van der Waals surface area contributed by atoms with E-state index in [-0.39, 0.29) is 31.6 Å². The highest BCUT2D eigenvalue weighted by molar-refractivity contribution is 8.00. The van der Waals surface area contributed by atoms with Gasteiger partial charge in [-0.2, -0.15) is 0 Å². The largest absolute Gasteiger partial charge is 0.497 e. The minimum atomic E-state index is -0.516. The number of ether oxygens (including phenoxy) is 5. The second-order valence-corrected chi connectivity index (χ2v) is 10.1. The number of benzene rings is 3. The Morgan fingerprint density at radius 2 is 1.77 bits per heavy atom. The molecule has 0 fully saturated rings. The molecule has 1 N–H and O–H groups in total. The lowest BCUT2D eigenvalue weighted by Crippen LogP contribution is -2.28. The Bertz CT molecular complexity index is 1640. The summed E-state index contributed by atoms with van der Waals surface area (Å²) in [6.07, 6.45) is 0.513. The molecule has 0 spiro atoms. The smallest absolute Gasteiger partial charge is 0.262 e. The van der Waals surface area contributed by atoms with Gasteiger partial charge in [0.1, 0.15) is 5.75 Å². The molecule has 3 aromatic carbocycles. The highest BCUT2D eigenvalue weighted by atomic mass is 32.2. The van der Waals surface area contributed by atoms with Crippen LogP contribution in [0.5, 0.6) is 28.7 Å². The number of carbonyl (C=O) groups is 1. The molecule has 1 amide bonds. The van der Waals surface area contributed by atoms with Gasteiger partial charge in [0, 0.05) is 17.8 Å². The maximum Gasteiger partial charge on any atom is 0.262 e. The van der Waals surface area contributed by atoms with Crippen LogP contribution in [-0.4, -0.2) is 41.4 Å². The lowest BCUT2D eigenvalue weighted by molar-refractivity contribution is -0.115. The maximum absolute atomic E-state index is 13.8. The first kappa shape index (κ1) is 24.9. The van der Waals surface area contributed by atoms with Crippen molar-refractivity contribution in [3.63, 3.8) is 0 Å². The molecule has 0 saturated carbocycles. The predicted octanol–water partition coefficient (Wildman–Crippen LogP) is 4.42. The van der Waals surface area contributed by atoms with E-state index in [1.165, 1.54) is 11.8 Å². The van der Waals surface area contributed by atoms with Crippen LogP contribution in [0.25, 0.3) is 10.9 Å². The summed E-state index contributed by atoms with van der Waals surface area (Å²) in [5.41, 5.74) is 1.67. The van der Waals surface area contributed by atoms with E-state index in [9.17, 15) is 9.59 Å². The average Bonchev–Trinajstić information content (AvgIpc) is 3.61. The number of nitrogens with zero attached hydrogens (tertiary/aromatic N) is 2. The molecule has 200 valence electrons. The summed E-state index contributed by atoms with van der Waals surface area (Å²) in [5.74, 6) is 2.75. The molecule has 0 bridgehead atoms. The molecule has 1 atom stereocenters. The zero-order valence-corrected chi connectivity index (χ0v) is 22.1. The number of thioether (sulfide) groups is 1. The fourth-order valence-corrected chi connectivity index (χ4v) is 5.43. The standard InChI is InChI=1S/C28H25N3O7S/c1-3-25(26(32)29-17-5-4-6-18(10-17)34-2)39-28-30-20-12-24-23(37-15-38-24)11-19(20)27(33)31(28)13-16-7-8-21-22(9-16)36-14-35-21/h4-12,25H,3,13-15H2,1-2H3,(H,29,32). The Morgan fingerprint density at radius 3 is 2.54 bits per heavy atom. The van der Waals surface area contributed by atoms with Crippen molar-refractivity contribution >= 4 is 34.3 Å². The summed E-state index contributed by atoms with van der Waals surface area (Å²) in [5, 5.41) is 3.25. The van der Waals surface area contributed by atoms with Crippen LogP contribution in [0, 0.1) is 0 Å². The van der Waals surface area contributed by atoms with Crippen LogP contribution in [0.1, 0.15) is 18.9 Å². The SMILES string of the molecule is CCC(Sc1nc2cc3c(cc2c(=O)n1Cc1ccc2c(c1)OCO2)OCO3)C(=O)Nc1cccc(OC)c1. The Balaban J connectivity index is 1.37. The number of hydrogen-bond acceptors (Lipinski definition) is 9. The predicted molar refractivity (Wildman–Crippen MR) is 145 cm³/mol. The molecule has 0 aliphatic carbocycles. The van der Waals surface area contributed by atoms with E-state index in [1.807, 2.05) is 25.1 Å². The van der Waals surface area contributed by atoms with Gasteiger partial charge < -0.3 is 29.0 Å². The normalized spacial score (nSPS) is 13.9. The molecule has 10 nitrogen and oxygen atoms in total. The number of aromatic nitrogens is 2. The van der Waals surface area contributed by atoms with Gasteiger partial charge in [-0.1, -0.05) is 30.8 Å². The molecule has 3 heterocycles. The number of rotatable bonds is 8. The topological polar surface area (TPSA) is 110 Å². The van der Waals surface area contributed by atoms with Crippen LogP contribution >= 0.6 is 11.8 Å². The van der Waals surface area contributed by atoms with E-state index in [2.05, 4.69) is 5.32 Å². The van der Waals surface area contributed by atoms with Gasteiger partial charge in [0.05, 0.1) is 29.8 Å². The van der Waals surface area contributed by atoms with Gasteiger partial charge in [-0.15, -0.1) is 0 Å². The molecule has 0 saturated heterocycles. The molecule has 11 heteroatoms. The number of anilines is 1. The van der Waals surface area contributed by atoms with Crippen molar-refractivity contribution < 1.29 is 28.5 Å². The van der Waals surface area contributed by atoms with Crippen LogP contribution < -0.4 is 34.6 Å². The Morgan fingerprint density at radius 1 is 1.03 bits per heavy atom. The van der Waals surface area contributed by atoms with Crippen molar-refractivity contribution in [1.82, 2.24) is 9.55 Å². The number of carbonyl (C=O) groups excluding carboxylic acids is 1. The number of fused-ring (bicyclic) bond motifs is 3. The summed E-state index contributed by atoms with van der Waals surface area (Å²) >= 11 is 1.24. The van der Waals surface area contributed by atoms with Gasteiger partial charge in [-0.25, -0.2) is 4.98 Å². The van der Waals surface area contributed by atoms with E-state index >= 15 is 0 Å². The summed E-state index contributed by atoms with van der Waals surface area (Å²) in [6, 6.07) is 16.1. The molecule has 39 heavy (non-hydrogen) atoms. The third-order valence-electron chi connectivity index (χ3n) is 6.44. The van der Waals surface area contributed by atoms with Crippen molar-refractivity contribution in [2.24, 2.45) is 0 Å². The number of amides is 1. The second kappa shape index (κ2) is 10.4. The van der Waals surface area contributed by atoms with E-state index < -0.39 is 5.25 Å². The number of methoxy groups -OCH3 is 1. The molecule has 6 rings (SSSR count). The van der Waals surface area contributed by atoms with Crippen molar-refractivity contribution in [2.45, 2.75) is 30.3 Å². The third kappa shape index (κ3) is 4.92. The van der Waals surface area contributed by atoms with Crippen LogP contribution in [0.15, 0.2) is 64.5 Å². The maximum atomic E-state index is 13.8. The molecular formula is C28H25N3O7S. The minimum Gasteiger partial charge on any atom is -0.497 e. The Kier molecular flexibility index (Phi) is 6.65. The molecule has 2 aliphatic rings. The van der Waals surface area contributed by atoms with Gasteiger partial charge >= 0.3 is 0 Å². The highest BCUT2D eigenvalue weighted by Crippen LogP contribution is 2.36. The van der Waals surface area contributed by atoms with Crippen molar-refractivity contribution in [1.29, 1.82) is 0 Å². The summed E-state index contributed by atoms with van der Waals surface area (Å²) in [6.45, 7) is 2.39. The molecular weight excluding hydrogens is 522 g/mol. The summed E-state index contributed by atoms with van der Waals surface area (Å²) in [7, 11) is 1.57. The zero-order valence-electron chi connectivity index (χ0n) is 21.3. The highest BCUT2D eigenvalue weighted by Gasteiger charge is 2.25. The molecule has 1 aromatic heterocycles. The van der Waals surface area contributed by atoms with Gasteiger partial charge in [-0.3, -0.25) is 14.2 Å². The zero-order chi connectivity index (χ0) is 26.9. The first-order valence-electron chi connectivity index (χ1n) is 12.4. The quantitative estimate of drug-likeness (QED) is 0.253. The number of nitrogens with one attached hydrogen (secondary N) is 1. The van der Waals surface area contributed by atoms with Crippen molar-refractivity contribution in [3.8, 4) is 28.7 Å². The molecule has 1 unspecified atom stereocenters. The van der Waals surface area contributed by atoms with Gasteiger partial charge in [0.15, 0.2) is 28.2 Å². The third-order valence-corrected chi connectivity index (χ3v) is 7.79. The molecule has 2 aliphatic heterocycles. The molecule has 0 radical (unpaired) electrons. The van der Waals surface area contributed by atoms with Crippen LogP contribution in [0.3, 0.4) is 0 Å². The average molecular weight is 548 g/mol. The van der Waals surface area contributed by atoms with Gasteiger partial charge in [0.2, 0.25) is 19.5 Å². The van der Waals surface area contributed by atoms with Gasteiger partial charge in [-0.05, 0) is 42.3 Å². The summed E-state index contributed by atoms with van der Waals surface area (Å²) < 4.78 is 28.8. The lowest BCUT2D eigenvalue weighted by Gasteiger charge is -2.18. The fraction of sp³-hybridized carbons (Fsp3) is 0.250. The molecule has 4 aromatic rings. The Hall–Kier alpha value is -4.38. The monoisotopic (exact) mass is 547 g/mol. The fourth-order valence-electron chi connectivity index (χ4n) is 4.42.